The average Bonchev–Trinajstić information content (AvgIpc) is 2.55. The molecule has 0 spiro atoms. The second-order valence-electron chi connectivity index (χ2n) is 6.24. The molecule has 1 amide bonds. The van der Waals surface area contributed by atoms with E-state index in [1.807, 2.05) is 0 Å². The molecule has 26 heavy (non-hydrogen) atoms. The molecule has 10 heteroatoms. The molecule has 10 nitrogen and oxygen atoms in total. The summed E-state index contributed by atoms with van der Waals surface area (Å²) in [5.41, 5.74) is 5.42. The standard InChI is InChI=1S/C16H25N3O7/c1-2-5-11(14(17)22)19(8-12(20)21)10-7-4-3-6-9(10)18-13(15(23)24)16(25)26/h2,9-11,13,18H,1,3-8H2,(H2,17,22)(H,20,21)(H,23,24)(H,25,26). The monoisotopic (exact) mass is 371 g/mol. The van der Waals surface area contributed by atoms with Crippen LogP contribution < -0.4 is 11.1 Å². The summed E-state index contributed by atoms with van der Waals surface area (Å²) in [6, 6.07) is -3.90. The third kappa shape index (κ3) is 5.81. The van der Waals surface area contributed by atoms with Gasteiger partial charge in [-0.1, -0.05) is 18.9 Å². The lowest BCUT2D eigenvalue weighted by Crippen LogP contribution is -2.62. The van der Waals surface area contributed by atoms with Crippen molar-refractivity contribution in [2.45, 2.75) is 56.3 Å². The van der Waals surface area contributed by atoms with Crippen molar-refractivity contribution in [1.82, 2.24) is 10.2 Å². The van der Waals surface area contributed by atoms with Crippen molar-refractivity contribution in [2.24, 2.45) is 5.73 Å². The number of nitrogens with zero attached hydrogens (tertiary/aromatic N) is 1. The normalized spacial score (nSPS) is 21.3. The molecule has 0 saturated heterocycles. The van der Waals surface area contributed by atoms with E-state index >= 15 is 0 Å². The van der Waals surface area contributed by atoms with Crippen molar-refractivity contribution in [3.8, 4) is 0 Å². The Kier molecular flexibility index (Phi) is 8.20. The molecule has 1 aliphatic rings. The van der Waals surface area contributed by atoms with Gasteiger partial charge in [0.1, 0.15) is 0 Å². The molecule has 0 heterocycles. The molecular weight excluding hydrogens is 346 g/mol. The van der Waals surface area contributed by atoms with E-state index in [0.717, 1.165) is 12.8 Å². The van der Waals surface area contributed by atoms with Crippen LogP contribution in [-0.2, 0) is 19.2 Å². The Morgan fingerprint density at radius 1 is 1.15 bits per heavy atom. The van der Waals surface area contributed by atoms with Gasteiger partial charge in [0.15, 0.2) is 0 Å². The van der Waals surface area contributed by atoms with Gasteiger partial charge in [-0.05, 0) is 19.3 Å². The number of hydrogen-bond donors (Lipinski definition) is 5. The molecule has 0 aromatic carbocycles. The second-order valence-corrected chi connectivity index (χ2v) is 6.24. The lowest BCUT2D eigenvalue weighted by molar-refractivity contribution is -0.152. The zero-order chi connectivity index (χ0) is 19.9. The van der Waals surface area contributed by atoms with E-state index in [1.165, 1.54) is 11.0 Å². The fraction of sp³-hybridized carbons (Fsp3) is 0.625. The minimum absolute atomic E-state index is 0.132. The van der Waals surface area contributed by atoms with Crippen LogP contribution >= 0.6 is 0 Å². The van der Waals surface area contributed by atoms with Crippen LogP contribution in [0.2, 0.25) is 0 Å². The smallest absolute Gasteiger partial charge is 0.332 e. The van der Waals surface area contributed by atoms with Gasteiger partial charge in [-0.15, -0.1) is 6.58 Å². The highest BCUT2D eigenvalue weighted by Crippen LogP contribution is 2.26. The molecule has 1 rings (SSSR count). The van der Waals surface area contributed by atoms with E-state index in [0.29, 0.717) is 12.8 Å². The quantitative estimate of drug-likeness (QED) is 0.231. The van der Waals surface area contributed by atoms with Gasteiger partial charge in [0.25, 0.3) is 0 Å². The van der Waals surface area contributed by atoms with Crippen molar-refractivity contribution in [1.29, 1.82) is 0 Å². The zero-order valence-corrected chi connectivity index (χ0v) is 14.3. The number of carboxylic acid groups (broad SMARTS) is 3. The lowest BCUT2D eigenvalue weighted by atomic mass is 9.87. The molecule has 0 aromatic rings. The first-order valence-electron chi connectivity index (χ1n) is 8.28. The van der Waals surface area contributed by atoms with E-state index in [2.05, 4.69) is 11.9 Å². The third-order valence-corrected chi connectivity index (χ3v) is 4.47. The summed E-state index contributed by atoms with van der Waals surface area (Å²) in [6.45, 7) is 3.07. The summed E-state index contributed by atoms with van der Waals surface area (Å²) in [6.07, 6.45) is 3.99. The molecule has 0 aromatic heterocycles. The van der Waals surface area contributed by atoms with Crippen LogP contribution in [0.15, 0.2) is 12.7 Å². The first-order chi connectivity index (χ1) is 12.2. The van der Waals surface area contributed by atoms with Crippen LogP contribution in [0, 0.1) is 0 Å². The maximum absolute atomic E-state index is 11.8. The average molecular weight is 371 g/mol. The van der Waals surface area contributed by atoms with Crippen LogP contribution in [0.3, 0.4) is 0 Å². The highest BCUT2D eigenvalue weighted by atomic mass is 16.4. The lowest BCUT2D eigenvalue weighted by Gasteiger charge is -2.43. The first-order valence-corrected chi connectivity index (χ1v) is 8.28. The van der Waals surface area contributed by atoms with Gasteiger partial charge in [0.2, 0.25) is 11.9 Å². The predicted octanol–water partition coefficient (Wildman–Crippen LogP) is -0.758. The van der Waals surface area contributed by atoms with Gasteiger partial charge in [-0.2, -0.15) is 0 Å². The van der Waals surface area contributed by atoms with Gasteiger partial charge in [0, 0.05) is 12.1 Å². The third-order valence-electron chi connectivity index (χ3n) is 4.47. The van der Waals surface area contributed by atoms with Gasteiger partial charge in [0.05, 0.1) is 12.6 Å². The summed E-state index contributed by atoms with van der Waals surface area (Å²) in [4.78, 5) is 46.9. The summed E-state index contributed by atoms with van der Waals surface area (Å²) >= 11 is 0. The van der Waals surface area contributed by atoms with Gasteiger partial charge < -0.3 is 21.1 Å². The number of aliphatic carboxylic acids is 3. The molecule has 0 bridgehead atoms. The van der Waals surface area contributed by atoms with E-state index in [1.54, 1.807) is 0 Å². The number of rotatable bonds is 11. The summed E-state index contributed by atoms with van der Waals surface area (Å²) in [7, 11) is 0. The maximum Gasteiger partial charge on any atom is 0.332 e. The van der Waals surface area contributed by atoms with Crippen LogP contribution in [0.25, 0.3) is 0 Å². The Bertz CT molecular complexity index is 552. The number of hydrogen-bond acceptors (Lipinski definition) is 6. The Labute approximate surface area is 150 Å². The van der Waals surface area contributed by atoms with E-state index < -0.39 is 54.5 Å². The predicted molar refractivity (Wildman–Crippen MR) is 90.4 cm³/mol. The molecule has 0 aliphatic heterocycles. The maximum atomic E-state index is 11.8. The van der Waals surface area contributed by atoms with Crippen molar-refractivity contribution < 1.29 is 34.5 Å². The zero-order valence-electron chi connectivity index (χ0n) is 14.3. The van der Waals surface area contributed by atoms with Crippen molar-refractivity contribution >= 4 is 23.8 Å². The fourth-order valence-electron chi connectivity index (χ4n) is 3.35. The minimum atomic E-state index is -1.82. The molecule has 1 aliphatic carbocycles. The minimum Gasteiger partial charge on any atom is -0.480 e. The largest absolute Gasteiger partial charge is 0.480 e. The number of carbonyl (C=O) groups excluding carboxylic acids is 1. The van der Waals surface area contributed by atoms with Crippen molar-refractivity contribution in [3.05, 3.63) is 12.7 Å². The molecular formula is C16H25N3O7. The van der Waals surface area contributed by atoms with E-state index in [-0.39, 0.29) is 6.42 Å². The Balaban J connectivity index is 3.15. The molecule has 1 fully saturated rings. The van der Waals surface area contributed by atoms with Crippen LogP contribution in [0.4, 0.5) is 0 Å². The van der Waals surface area contributed by atoms with Crippen molar-refractivity contribution in [3.63, 3.8) is 0 Å². The number of amides is 1. The van der Waals surface area contributed by atoms with Crippen LogP contribution in [0.1, 0.15) is 32.1 Å². The Morgan fingerprint density at radius 3 is 2.19 bits per heavy atom. The van der Waals surface area contributed by atoms with Crippen LogP contribution in [0.5, 0.6) is 0 Å². The highest BCUT2D eigenvalue weighted by Gasteiger charge is 2.39. The molecule has 146 valence electrons. The Morgan fingerprint density at radius 2 is 1.73 bits per heavy atom. The first kappa shape index (κ1) is 21.6. The summed E-state index contributed by atoms with van der Waals surface area (Å²) < 4.78 is 0. The SMILES string of the molecule is C=CCC(C(N)=O)N(CC(=O)O)C1CCCCC1NC(C(=O)O)C(=O)O. The van der Waals surface area contributed by atoms with E-state index in [9.17, 15) is 24.3 Å². The van der Waals surface area contributed by atoms with E-state index in [4.69, 9.17) is 15.9 Å². The number of carboxylic acids is 3. The number of nitrogens with one attached hydrogen (secondary N) is 1. The molecule has 3 atom stereocenters. The highest BCUT2D eigenvalue weighted by molar-refractivity contribution is 5.97. The fourth-order valence-corrected chi connectivity index (χ4v) is 3.35. The van der Waals surface area contributed by atoms with Crippen molar-refractivity contribution in [2.75, 3.05) is 6.54 Å². The second kappa shape index (κ2) is 9.88. The number of nitrogens with two attached hydrogens (primary N) is 1. The van der Waals surface area contributed by atoms with Gasteiger partial charge >= 0.3 is 17.9 Å². The topological polar surface area (TPSA) is 170 Å². The molecule has 0 radical (unpaired) electrons. The van der Waals surface area contributed by atoms with Gasteiger partial charge in [-0.3, -0.25) is 19.8 Å². The molecule has 6 N–H and O–H groups in total. The summed E-state index contributed by atoms with van der Waals surface area (Å²) in [5.74, 6) is -4.96. The number of primary amides is 1. The molecule has 3 unspecified atom stereocenters. The molecule has 1 saturated carbocycles. The van der Waals surface area contributed by atoms with Crippen LogP contribution in [-0.4, -0.2) is 74.7 Å². The van der Waals surface area contributed by atoms with Gasteiger partial charge in [-0.25, -0.2) is 9.59 Å². The summed E-state index contributed by atoms with van der Waals surface area (Å²) in [5, 5.41) is 30.0. The number of carbonyl (C=O) groups is 4. The Hall–Kier alpha value is -2.46.